The Labute approximate surface area is 138 Å². The fraction of sp³-hybridized carbons (Fsp3) is 0.500. The molecule has 0 radical (unpaired) electrons. The van der Waals surface area contributed by atoms with Crippen molar-refractivity contribution in [2.24, 2.45) is 0 Å². The number of fused-ring (bicyclic) bond motifs is 1. The van der Waals surface area contributed by atoms with Gasteiger partial charge in [0.15, 0.2) is 0 Å². The summed E-state index contributed by atoms with van der Waals surface area (Å²) < 4.78 is 3.51. The summed E-state index contributed by atoms with van der Waals surface area (Å²) in [5, 5.41) is 4.95. The number of hydrogen-bond acceptors (Lipinski definition) is 5. The quantitative estimate of drug-likeness (QED) is 0.696. The molecule has 0 aliphatic rings. The second kappa shape index (κ2) is 6.62. The lowest BCUT2D eigenvalue weighted by molar-refractivity contribution is 0.497. The molecule has 0 N–H and O–H groups in total. The average Bonchev–Trinajstić information content (AvgIpc) is 3.15. The molecule has 3 aromatic heterocycles. The molecular formula is C16H21N5OS. The summed E-state index contributed by atoms with van der Waals surface area (Å²) in [5.41, 5.74) is -0.00727. The number of thiophene rings is 1. The smallest absolute Gasteiger partial charge is 0.262 e. The maximum atomic E-state index is 12.8. The van der Waals surface area contributed by atoms with Gasteiger partial charge in [-0.2, -0.15) is 5.10 Å². The molecule has 0 bridgehead atoms. The Morgan fingerprint density at radius 2 is 2.09 bits per heavy atom. The van der Waals surface area contributed by atoms with Gasteiger partial charge in [0.05, 0.1) is 17.8 Å². The second-order valence-electron chi connectivity index (χ2n) is 5.66. The molecule has 23 heavy (non-hydrogen) atoms. The lowest BCUT2D eigenvalue weighted by Gasteiger charge is -2.14. The van der Waals surface area contributed by atoms with Crippen molar-refractivity contribution in [3.05, 3.63) is 39.8 Å². The van der Waals surface area contributed by atoms with Crippen molar-refractivity contribution in [2.75, 3.05) is 0 Å². The first-order chi connectivity index (χ1) is 11.2. The highest BCUT2D eigenvalue weighted by atomic mass is 32.1. The van der Waals surface area contributed by atoms with E-state index in [1.165, 1.54) is 4.88 Å². The fourth-order valence-electron chi connectivity index (χ4n) is 2.74. The standard InChI is InChI=1S/C16H21N5OS/c1-4-6-12-8-13-15(23-12)18-10-20(16(13)22)11(3)14-17-9-19-21(14)7-5-2/h8-11H,4-7H2,1-3H3/t11-/m0/s1. The number of aryl methyl sites for hydroxylation is 2. The molecule has 7 heteroatoms. The van der Waals surface area contributed by atoms with Crippen LogP contribution < -0.4 is 5.56 Å². The maximum absolute atomic E-state index is 12.8. The summed E-state index contributed by atoms with van der Waals surface area (Å²) in [7, 11) is 0. The van der Waals surface area contributed by atoms with Crippen molar-refractivity contribution in [2.45, 2.75) is 52.6 Å². The lowest BCUT2D eigenvalue weighted by Crippen LogP contribution is -2.26. The molecule has 0 aromatic carbocycles. The van der Waals surface area contributed by atoms with E-state index in [1.54, 1.807) is 28.6 Å². The Hall–Kier alpha value is -2.02. The Bertz CT molecular complexity index is 863. The molecular weight excluding hydrogens is 310 g/mol. The van der Waals surface area contributed by atoms with Gasteiger partial charge in [0.2, 0.25) is 0 Å². The van der Waals surface area contributed by atoms with Crippen LogP contribution in [0.5, 0.6) is 0 Å². The third-order valence-electron chi connectivity index (χ3n) is 3.90. The highest BCUT2D eigenvalue weighted by molar-refractivity contribution is 7.18. The third-order valence-corrected chi connectivity index (χ3v) is 5.00. The van der Waals surface area contributed by atoms with Crippen molar-refractivity contribution in [1.29, 1.82) is 0 Å². The zero-order valence-corrected chi connectivity index (χ0v) is 14.5. The molecule has 3 rings (SSSR count). The van der Waals surface area contributed by atoms with Gasteiger partial charge in [-0.15, -0.1) is 11.3 Å². The van der Waals surface area contributed by atoms with Crippen molar-refractivity contribution >= 4 is 21.6 Å². The summed E-state index contributed by atoms with van der Waals surface area (Å²) in [5.74, 6) is 0.791. The van der Waals surface area contributed by atoms with Crippen LogP contribution in [0.3, 0.4) is 0 Å². The van der Waals surface area contributed by atoms with Crippen LogP contribution in [0.25, 0.3) is 10.2 Å². The van der Waals surface area contributed by atoms with Crippen molar-refractivity contribution in [1.82, 2.24) is 24.3 Å². The third kappa shape index (κ3) is 2.93. The van der Waals surface area contributed by atoms with Gasteiger partial charge in [-0.25, -0.2) is 14.6 Å². The zero-order valence-electron chi connectivity index (χ0n) is 13.7. The van der Waals surface area contributed by atoms with Crippen molar-refractivity contribution in [3.8, 4) is 0 Å². The number of hydrogen-bond donors (Lipinski definition) is 0. The van der Waals surface area contributed by atoms with E-state index in [-0.39, 0.29) is 11.6 Å². The minimum absolute atomic E-state index is 0.00727. The van der Waals surface area contributed by atoms with E-state index < -0.39 is 0 Å². The fourth-order valence-corrected chi connectivity index (χ4v) is 3.82. The van der Waals surface area contributed by atoms with E-state index in [2.05, 4.69) is 28.9 Å². The Balaban J connectivity index is 2.03. The van der Waals surface area contributed by atoms with E-state index in [1.807, 2.05) is 17.7 Å². The number of rotatable bonds is 6. The molecule has 3 aromatic rings. The van der Waals surface area contributed by atoms with E-state index in [0.717, 1.165) is 36.5 Å². The van der Waals surface area contributed by atoms with Crippen LogP contribution >= 0.6 is 11.3 Å². The zero-order chi connectivity index (χ0) is 16.4. The Morgan fingerprint density at radius 3 is 2.83 bits per heavy atom. The molecule has 0 amide bonds. The van der Waals surface area contributed by atoms with E-state index >= 15 is 0 Å². The lowest BCUT2D eigenvalue weighted by atomic mass is 10.2. The molecule has 0 saturated carbocycles. The van der Waals surface area contributed by atoms with Crippen LogP contribution in [0.15, 0.2) is 23.5 Å². The summed E-state index contributed by atoms with van der Waals surface area (Å²) in [6.45, 7) is 6.99. The highest BCUT2D eigenvalue weighted by Gasteiger charge is 2.18. The minimum atomic E-state index is -0.192. The normalized spacial score (nSPS) is 12.8. The van der Waals surface area contributed by atoms with E-state index in [9.17, 15) is 4.79 Å². The summed E-state index contributed by atoms with van der Waals surface area (Å²) in [4.78, 5) is 23.7. The van der Waals surface area contributed by atoms with Crippen LogP contribution in [0.4, 0.5) is 0 Å². The molecule has 0 spiro atoms. The topological polar surface area (TPSA) is 65.6 Å². The highest BCUT2D eigenvalue weighted by Crippen LogP contribution is 2.23. The average molecular weight is 331 g/mol. The number of aromatic nitrogens is 5. The van der Waals surface area contributed by atoms with Gasteiger partial charge in [0.25, 0.3) is 5.56 Å². The predicted octanol–water partition coefficient (Wildman–Crippen LogP) is 3.02. The van der Waals surface area contributed by atoms with Crippen LogP contribution in [-0.4, -0.2) is 24.3 Å². The molecule has 122 valence electrons. The van der Waals surface area contributed by atoms with E-state index in [4.69, 9.17) is 0 Å². The first kappa shape index (κ1) is 15.9. The Morgan fingerprint density at radius 1 is 1.26 bits per heavy atom. The predicted molar refractivity (Wildman–Crippen MR) is 92.0 cm³/mol. The molecule has 6 nitrogen and oxygen atoms in total. The molecule has 0 fully saturated rings. The molecule has 3 heterocycles. The van der Waals surface area contributed by atoms with Crippen molar-refractivity contribution < 1.29 is 0 Å². The van der Waals surface area contributed by atoms with Gasteiger partial charge in [-0.05, 0) is 25.8 Å². The molecule has 1 atom stereocenters. The van der Waals surface area contributed by atoms with Gasteiger partial charge in [-0.1, -0.05) is 20.3 Å². The molecule has 0 unspecified atom stereocenters. The van der Waals surface area contributed by atoms with Gasteiger partial charge in [0, 0.05) is 11.4 Å². The van der Waals surface area contributed by atoms with Gasteiger partial charge >= 0.3 is 0 Å². The summed E-state index contributed by atoms with van der Waals surface area (Å²) >= 11 is 1.61. The maximum Gasteiger partial charge on any atom is 0.262 e. The van der Waals surface area contributed by atoms with Gasteiger partial charge < -0.3 is 0 Å². The first-order valence-electron chi connectivity index (χ1n) is 8.03. The van der Waals surface area contributed by atoms with Crippen LogP contribution in [0, 0.1) is 0 Å². The van der Waals surface area contributed by atoms with Crippen LogP contribution in [-0.2, 0) is 13.0 Å². The monoisotopic (exact) mass is 331 g/mol. The van der Waals surface area contributed by atoms with Gasteiger partial charge in [-0.3, -0.25) is 9.36 Å². The summed E-state index contributed by atoms with van der Waals surface area (Å²) in [6, 6.07) is 1.79. The Kier molecular flexibility index (Phi) is 4.56. The molecule has 0 aliphatic carbocycles. The minimum Gasteiger partial charge on any atom is -0.288 e. The van der Waals surface area contributed by atoms with E-state index in [0.29, 0.717) is 5.39 Å². The second-order valence-corrected chi connectivity index (χ2v) is 6.77. The molecule has 0 saturated heterocycles. The van der Waals surface area contributed by atoms with Crippen LogP contribution in [0.1, 0.15) is 50.4 Å². The largest absolute Gasteiger partial charge is 0.288 e. The first-order valence-corrected chi connectivity index (χ1v) is 8.84. The van der Waals surface area contributed by atoms with Gasteiger partial charge in [0.1, 0.15) is 17.0 Å². The number of nitrogens with zero attached hydrogens (tertiary/aromatic N) is 5. The SMILES string of the molecule is CCCc1cc2c(=O)n([C@@H](C)c3ncnn3CCC)cnc2s1. The van der Waals surface area contributed by atoms with Crippen LogP contribution in [0.2, 0.25) is 0 Å². The molecule has 0 aliphatic heterocycles. The van der Waals surface area contributed by atoms with Crippen molar-refractivity contribution in [3.63, 3.8) is 0 Å². The summed E-state index contributed by atoms with van der Waals surface area (Å²) in [6.07, 6.45) is 6.20.